The number of pyridine rings is 1. The van der Waals surface area contributed by atoms with Crippen LogP contribution < -0.4 is 5.32 Å². The molecule has 2 aromatic heterocycles. The van der Waals surface area contributed by atoms with E-state index in [1.807, 2.05) is 31.4 Å². The molecule has 25 heavy (non-hydrogen) atoms. The van der Waals surface area contributed by atoms with Crippen molar-refractivity contribution in [2.24, 2.45) is 7.05 Å². The van der Waals surface area contributed by atoms with Crippen molar-refractivity contribution >= 4 is 27.6 Å². The SMILES string of the molecule is CCN(CC)CCCC(C)Nc1ccnc2ccc3nn(C)nc3c12. The fourth-order valence-corrected chi connectivity index (χ4v) is 3.34. The lowest BCUT2D eigenvalue weighted by atomic mass is 10.1. The van der Waals surface area contributed by atoms with Crippen molar-refractivity contribution < 1.29 is 0 Å². The molecule has 0 aliphatic rings. The number of hydrogen-bond donors (Lipinski definition) is 1. The van der Waals surface area contributed by atoms with E-state index in [0.29, 0.717) is 6.04 Å². The van der Waals surface area contributed by atoms with Crippen LogP contribution >= 0.6 is 0 Å². The lowest BCUT2D eigenvalue weighted by Crippen LogP contribution is -2.25. The highest BCUT2D eigenvalue weighted by atomic mass is 15.4. The molecule has 0 saturated carbocycles. The summed E-state index contributed by atoms with van der Waals surface area (Å²) in [5.74, 6) is 0. The molecule has 6 heteroatoms. The van der Waals surface area contributed by atoms with Crippen LogP contribution in [0, 0.1) is 0 Å². The lowest BCUT2D eigenvalue weighted by molar-refractivity contribution is 0.295. The second kappa shape index (κ2) is 7.78. The number of aryl methyl sites for hydroxylation is 1. The van der Waals surface area contributed by atoms with Gasteiger partial charge in [0, 0.05) is 25.0 Å². The van der Waals surface area contributed by atoms with E-state index < -0.39 is 0 Å². The van der Waals surface area contributed by atoms with E-state index in [1.165, 1.54) is 6.42 Å². The van der Waals surface area contributed by atoms with Gasteiger partial charge in [0.1, 0.15) is 11.0 Å². The van der Waals surface area contributed by atoms with Crippen LogP contribution in [0.5, 0.6) is 0 Å². The van der Waals surface area contributed by atoms with Gasteiger partial charge in [0.15, 0.2) is 0 Å². The number of aromatic nitrogens is 4. The van der Waals surface area contributed by atoms with E-state index in [9.17, 15) is 0 Å². The minimum Gasteiger partial charge on any atom is -0.382 e. The predicted octanol–water partition coefficient (Wildman–Crippen LogP) is 3.44. The molecule has 0 saturated heterocycles. The summed E-state index contributed by atoms with van der Waals surface area (Å²) in [7, 11) is 1.85. The van der Waals surface area contributed by atoms with Gasteiger partial charge in [0.2, 0.25) is 0 Å². The molecule has 0 amide bonds. The molecule has 1 unspecified atom stereocenters. The van der Waals surface area contributed by atoms with E-state index in [0.717, 1.165) is 53.7 Å². The Hall–Kier alpha value is -2.21. The van der Waals surface area contributed by atoms with Crippen molar-refractivity contribution in [2.45, 2.75) is 39.7 Å². The third kappa shape index (κ3) is 3.90. The zero-order valence-corrected chi connectivity index (χ0v) is 15.7. The van der Waals surface area contributed by atoms with E-state index in [4.69, 9.17) is 0 Å². The quantitative estimate of drug-likeness (QED) is 0.681. The summed E-state index contributed by atoms with van der Waals surface area (Å²) >= 11 is 0. The fourth-order valence-electron chi connectivity index (χ4n) is 3.34. The maximum atomic E-state index is 4.54. The van der Waals surface area contributed by atoms with Crippen molar-refractivity contribution in [1.82, 2.24) is 24.9 Å². The van der Waals surface area contributed by atoms with Crippen molar-refractivity contribution in [1.29, 1.82) is 0 Å². The van der Waals surface area contributed by atoms with Gasteiger partial charge in [0.05, 0.1) is 10.9 Å². The predicted molar refractivity (Wildman–Crippen MR) is 104 cm³/mol. The van der Waals surface area contributed by atoms with Crippen LogP contribution in [0.2, 0.25) is 0 Å². The van der Waals surface area contributed by atoms with Gasteiger partial charge < -0.3 is 10.2 Å². The molecule has 1 N–H and O–H groups in total. The minimum absolute atomic E-state index is 0.396. The number of fused-ring (bicyclic) bond motifs is 3. The molecule has 0 aliphatic heterocycles. The number of anilines is 1. The van der Waals surface area contributed by atoms with Gasteiger partial charge in [-0.1, -0.05) is 13.8 Å². The van der Waals surface area contributed by atoms with Crippen molar-refractivity contribution in [3.8, 4) is 0 Å². The Balaban J connectivity index is 1.78. The molecule has 2 heterocycles. The third-order valence-electron chi connectivity index (χ3n) is 4.76. The first-order valence-electron chi connectivity index (χ1n) is 9.20. The number of nitrogens with one attached hydrogen (secondary N) is 1. The Kier molecular flexibility index (Phi) is 5.48. The molecule has 3 rings (SSSR count). The molecule has 134 valence electrons. The smallest absolute Gasteiger partial charge is 0.124 e. The Morgan fingerprint density at radius 3 is 2.64 bits per heavy atom. The number of rotatable bonds is 8. The van der Waals surface area contributed by atoms with Crippen LogP contribution in [-0.4, -0.2) is 50.6 Å². The summed E-state index contributed by atoms with van der Waals surface area (Å²) in [5.41, 5.74) is 3.85. The summed E-state index contributed by atoms with van der Waals surface area (Å²) in [5, 5.41) is 13.7. The summed E-state index contributed by atoms with van der Waals surface area (Å²) in [6.07, 6.45) is 4.19. The van der Waals surface area contributed by atoms with Crippen LogP contribution in [0.1, 0.15) is 33.6 Å². The largest absolute Gasteiger partial charge is 0.382 e. The first-order chi connectivity index (χ1) is 12.1. The van der Waals surface area contributed by atoms with Gasteiger partial charge in [-0.2, -0.15) is 15.0 Å². The minimum atomic E-state index is 0.396. The van der Waals surface area contributed by atoms with Crippen molar-refractivity contribution in [3.05, 3.63) is 24.4 Å². The normalized spacial score (nSPS) is 13.0. The summed E-state index contributed by atoms with van der Waals surface area (Å²) < 4.78 is 0. The first-order valence-corrected chi connectivity index (χ1v) is 9.20. The number of nitrogens with zero attached hydrogens (tertiary/aromatic N) is 5. The topological polar surface area (TPSA) is 58.9 Å². The molecular formula is C19H28N6. The highest BCUT2D eigenvalue weighted by Crippen LogP contribution is 2.28. The third-order valence-corrected chi connectivity index (χ3v) is 4.76. The first kappa shape index (κ1) is 17.6. The Morgan fingerprint density at radius 2 is 1.88 bits per heavy atom. The Morgan fingerprint density at radius 1 is 1.12 bits per heavy atom. The average molecular weight is 340 g/mol. The van der Waals surface area contributed by atoms with Crippen LogP contribution in [0.15, 0.2) is 24.4 Å². The average Bonchev–Trinajstić information content (AvgIpc) is 2.99. The zero-order valence-electron chi connectivity index (χ0n) is 15.7. The number of benzene rings is 1. The molecule has 0 spiro atoms. The van der Waals surface area contributed by atoms with Crippen molar-refractivity contribution in [2.75, 3.05) is 25.0 Å². The highest BCUT2D eigenvalue weighted by molar-refractivity contribution is 6.08. The van der Waals surface area contributed by atoms with Crippen LogP contribution in [0.3, 0.4) is 0 Å². The number of hydrogen-bond acceptors (Lipinski definition) is 5. The molecule has 0 fully saturated rings. The van der Waals surface area contributed by atoms with Crippen LogP contribution in [-0.2, 0) is 7.05 Å². The van der Waals surface area contributed by atoms with E-state index in [1.54, 1.807) is 4.80 Å². The molecular weight excluding hydrogens is 312 g/mol. The Labute approximate surface area is 149 Å². The van der Waals surface area contributed by atoms with Gasteiger partial charge in [-0.05, 0) is 57.6 Å². The molecule has 1 atom stereocenters. The monoisotopic (exact) mass is 340 g/mol. The molecule has 0 aliphatic carbocycles. The molecule has 3 aromatic rings. The van der Waals surface area contributed by atoms with Gasteiger partial charge in [-0.3, -0.25) is 4.98 Å². The fraction of sp³-hybridized carbons (Fsp3) is 0.526. The van der Waals surface area contributed by atoms with E-state index in [2.05, 4.69) is 46.2 Å². The zero-order chi connectivity index (χ0) is 17.8. The second-order valence-electron chi connectivity index (χ2n) is 6.59. The maximum absolute atomic E-state index is 4.54. The van der Waals surface area contributed by atoms with Crippen LogP contribution in [0.4, 0.5) is 5.69 Å². The standard InChI is InChI=1S/C19H28N6/c1-5-25(6-2)13-7-8-14(3)21-16-11-12-20-15-9-10-17-19(18(15)16)23-24(4)22-17/h9-12,14H,5-8,13H2,1-4H3,(H,20,21). The maximum Gasteiger partial charge on any atom is 0.124 e. The van der Waals surface area contributed by atoms with Gasteiger partial charge >= 0.3 is 0 Å². The van der Waals surface area contributed by atoms with E-state index in [-0.39, 0.29) is 0 Å². The summed E-state index contributed by atoms with van der Waals surface area (Å²) in [4.78, 5) is 8.58. The van der Waals surface area contributed by atoms with Crippen LogP contribution in [0.25, 0.3) is 21.9 Å². The Bertz CT molecular complexity index is 836. The van der Waals surface area contributed by atoms with Gasteiger partial charge in [0.25, 0.3) is 0 Å². The van der Waals surface area contributed by atoms with E-state index >= 15 is 0 Å². The lowest BCUT2D eigenvalue weighted by Gasteiger charge is -2.20. The van der Waals surface area contributed by atoms with Gasteiger partial charge in [-0.15, -0.1) is 0 Å². The molecule has 6 nitrogen and oxygen atoms in total. The molecule has 0 radical (unpaired) electrons. The second-order valence-corrected chi connectivity index (χ2v) is 6.59. The molecule has 1 aromatic carbocycles. The molecule has 0 bridgehead atoms. The summed E-state index contributed by atoms with van der Waals surface area (Å²) in [6.45, 7) is 10.1. The highest BCUT2D eigenvalue weighted by Gasteiger charge is 2.12. The van der Waals surface area contributed by atoms with Crippen molar-refractivity contribution in [3.63, 3.8) is 0 Å². The van der Waals surface area contributed by atoms with Gasteiger partial charge in [-0.25, -0.2) is 0 Å². The summed E-state index contributed by atoms with van der Waals surface area (Å²) in [6, 6.07) is 6.43.